The summed E-state index contributed by atoms with van der Waals surface area (Å²) in [5, 5.41) is 14.1. The van der Waals surface area contributed by atoms with Gasteiger partial charge in [0.15, 0.2) is 57.4 Å². The monoisotopic (exact) mass is 1190 g/mol. The van der Waals surface area contributed by atoms with Crippen LogP contribution < -0.4 is 10.6 Å². The van der Waals surface area contributed by atoms with Crippen molar-refractivity contribution in [3.63, 3.8) is 0 Å². The highest BCUT2D eigenvalue weighted by molar-refractivity contribution is 7.48. The van der Waals surface area contributed by atoms with E-state index in [1.807, 2.05) is 0 Å². The molecule has 0 aliphatic carbocycles. The SMILES string of the molecule is CC(CNc1nc(-c2cn3ccnc3c(Cc3ccccc3F)n2)ncc1F)(OP(=O)(OCc1ccccc1)OCc1ccccc1)C(F)(F)F.CC(O)(CNc1nc(-c2cn3ccnc3c(Cc3ccccc3F)n2)ncc1F)C(F)(F)F. The van der Waals surface area contributed by atoms with Gasteiger partial charge in [-0.3, -0.25) is 13.6 Å². The van der Waals surface area contributed by atoms with E-state index in [1.54, 1.807) is 118 Å². The molecule has 10 aromatic rings. The number of rotatable bonds is 20. The van der Waals surface area contributed by atoms with Crippen molar-refractivity contribution in [1.82, 2.24) is 48.7 Å². The molecule has 0 amide bonds. The first-order valence-corrected chi connectivity index (χ1v) is 26.6. The number of imidazole rings is 2. The highest BCUT2D eigenvalue weighted by Crippen LogP contribution is 2.57. The van der Waals surface area contributed by atoms with Crippen molar-refractivity contribution in [3.8, 4) is 23.0 Å². The summed E-state index contributed by atoms with van der Waals surface area (Å²) in [4.78, 5) is 33.4. The summed E-state index contributed by atoms with van der Waals surface area (Å²) >= 11 is 0. The van der Waals surface area contributed by atoms with Gasteiger partial charge in [0, 0.05) is 50.0 Å². The molecule has 17 nitrogen and oxygen atoms in total. The van der Waals surface area contributed by atoms with Crippen LogP contribution in [0.3, 0.4) is 0 Å². The standard InChI is InChI=1S/C35H30F5N6O4P.C21H17F5N6O/c1-34(35(38,39)40,50-51(47,48-21-24-10-4-2-5-11-24)49-22-25-12-6-3-7-13-25)23-43-31-28(37)19-42-32(45-31)30-20-46-17-16-41-33(46)29(44-30)18-26-14-8-9-15-27(26)36;1-20(33,21(24,25)26)11-29-17-14(23)9-28-18(31-17)16-10-32-7-6-27-19(32)15(30-16)8-12-4-2-3-5-13(12)22/h2-17,19-20H,18,21-23H2,1H3,(H,42,43,45);2-7,9-10,33H,8,11H2,1H3,(H,28,29,31). The summed E-state index contributed by atoms with van der Waals surface area (Å²) in [6.07, 6.45) is 0.867. The summed E-state index contributed by atoms with van der Waals surface area (Å²) < 4.78 is 174. The summed E-state index contributed by atoms with van der Waals surface area (Å²) in [6, 6.07) is 29.0. The fourth-order valence-electron chi connectivity index (χ4n) is 7.90. The first-order valence-electron chi connectivity index (χ1n) is 25.2. The van der Waals surface area contributed by atoms with E-state index < -0.39 is 79.4 Å². The van der Waals surface area contributed by atoms with Gasteiger partial charge < -0.3 is 24.5 Å². The van der Waals surface area contributed by atoms with Crippen LogP contribution in [0.25, 0.3) is 34.3 Å². The molecule has 0 spiro atoms. The zero-order chi connectivity index (χ0) is 59.9. The third-order valence-corrected chi connectivity index (χ3v) is 14.2. The third-order valence-electron chi connectivity index (χ3n) is 12.6. The van der Waals surface area contributed by atoms with E-state index in [2.05, 4.69) is 50.5 Å². The minimum atomic E-state index is -5.16. The third kappa shape index (κ3) is 14.3. The number of phosphoric ester groups is 1. The summed E-state index contributed by atoms with van der Waals surface area (Å²) in [5.41, 5.74) is -2.71. The van der Waals surface area contributed by atoms with E-state index in [1.165, 1.54) is 36.9 Å². The maximum atomic E-state index is 15.0. The Bertz CT molecular complexity index is 3910. The van der Waals surface area contributed by atoms with Crippen LogP contribution in [0.5, 0.6) is 0 Å². The van der Waals surface area contributed by atoms with Crippen molar-refractivity contribution in [3.05, 3.63) is 216 Å². The molecule has 2 unspecified atom stereocenters. The molecule has 0 fully saturated rings. The van der Waals surface area contributed by atoms with Gasteiger partial charge in [0.2, 0.25) is 0 Å². The molecule has 3 N–H and O–H groups in total. The van der Waals surface area contributed by atoms with Crippen LogP contribution in [0, 0.1) is 23.3 Å². The van der Waals surface area contributed by atoms with Gasteiger partial charge in [-0.2, -0.15) is 26.3 Å². The molecule has 4 aromatic carbocycles. The van der Waals surface area contributed by atoms with Crippen molar-refractivity contribution in [2.45, 2.75) is 63.5 Å². The Morgan fingerprint density at radius 1 is 0.536 bits per heavy atom. The van der Waals surface area contributed by atoms with E-state index >= 15 is 4.39 Å². The van der Waals surface area contributed by atoms with Crippen LogP contribution in [0.2, 0.25) is 0 Å². The second-order valence-electron chi connectivity index (χ2n) is 19.0. The van der Waals surface area contributed by atoms with Crippen LogP contribution >= 0.6 is 7.82 Å². The number of aliphatic hydroxyl groups is 1. The number of anilines is 2. The van der Waals surface area contributed by atoms with Gasteiger partial charge >= 0.3 is 20.2 Å². The number of alkyl halides is 6. The van der Waals surface area contributed by atoms with E-state index in [0.717, 1.165) is 12.4 Å². The lowest BCUT2D eigenvalue weighted by Gasteiger charge is -2.34. The lowest BCUT2D eigenvalue weighted by atomic mass is 10.1. The van der Waals surface area contributed by atoms with Gasteiger partial charge in [0.05, 0.1) is 50.1 Å². The van der Waals surface area contributed by atoms with Gasteiger partial charge in [0.1, 0.15) is 23.0 Å². The van der Waals surface area contributed by atoms with Crippen LogP contribution in [-0.4, -0.2) is 90.4 Å². The number of hydrogen-bond donors (Lipinski definition) is 3. The van der Waals surface area contributed by atoms with Crippen molar-refractivity contribution in [2.75, 3.05) is 23.7 Å². The first kappa shape index (κ1) is 59.9. The quantitative estimate of drug-likeness (QED) is 0.0480. The second kappa shape index (κ2) is 25.0. The molecule has 10 rings (SSSR count). The van der Waals surface area contributed by atoms with Crippen molar-refractivity contribution < 1.29 is 67.1 Å². The largest absolute Gasteiger partial charge is 0.476 e. The van der Waals surface area contributed by atoms with Gasteiger partial charge in [-0.1, -0.05) is 97.1 Å². The Morgan fingerprint density at radius 3 is 1.37 bits per heavy atom. The minimum Gasteiger partial charge on any atom is -0.379 e. The molecule has 6 aromatic heterocycles. The summed E-state index contributed by atoms with van der Waals surface area (Å²) in [7, 11) is -4.95. The smallest absolute Gasteiger partial charge is 0.379 e. The molecule has 28 heteroatoms. The maximum Gasteiger partial charge on any atom is 0.476 e. The summed E-state index contributed by atoms with van der Waals surface area (Å²) in [6.45, 7) is -1.77. The topological polar surface area (TPSA) is 201 Å². The average molecular weight is 1190 g/mol. The molecule has 0 bridgehead atoms. The molecule has 0 aliphatic rings. The Kier molecular flexibility index (Phi) is 17.8. The average Bonchev–Trinajstić information content (AvgIpc) is 4.30. The molecular weight excluding hydrogens is 1140 g/mol. The predicted octanol–water partition coefficient (Wildman–Crippen LogP) is 12.1. The Morgan fingerprint density at radius 2 is 0.952 bits per heavy atom. The van der Waals surface area contributed by atoms with Gasteiger partial charge in [0.25, 0.3) is 0 Å². The normalized spacial score (nSPS) is 13.5. The van der Waals surface area contributed by atoms with Crippen LogP contribution in [-0.2, 0) is 44.2 Å². The van der Waals surface area contributed by atoms with Crippen LogP contribution in [0.4, 0.5) is 55.5 Å². The number of phosphoric acid groups is 1. The van der Waals surface area contributed by atoms with E-state index in [-0.39, 0.29) is 49.1 Å². The number of nitrogens with zero attached hydrogens (tertiary/aromatic N) is 10. The van der Waals surface area contributed by atoms with Crippen LogP contribution in [0.15, 0.2) is 159 Å². The molecule has 0 aliphatic heterocycles. The molecule has 0 saturated heterocycles. The number of aromatic nitrogens is 10. The molecule has 0 saturated carbocycles. The Labute approximate surface area is 471 Å². The molecule has 2 atom stereocenters. The van der Waals surface area contributed by atoms with Crippen LogP contribution in [0.1, 0.15) is 47.5 Å². The fourth-order valence-corrected chi connectivity index (χ4v) is 9.36. The molecular formula is C56H47F10N12O5P. The predicted molar refractivity (Wildman–Crippen MR) is 286 cm³/mol. The lowest BCUT2D eigenvalue weighted by Crippen LogP contribution is -2.50. The number of halogens is 10. The van der Waals surface area contributed by atoms with Gasteiger partial charge in [-0.15, -0.1) is 0 Å². The zero-order valence-electron chi connectivity index (χ0n) is 44.0. The molecule has 436 valence electrons. The molecule has 6 heterocycles. The molecule has 84 heavy (non-hydrogen) atoms. The van der Waals surface area contributed by atoms with Gasteiger partial charge in [-0.25, -0.2) is 62.0 Å². The van der Waals surface area contributed by atoms with Crippen molar-refractivity contribution >= 4 is 30.8 Å². The fraction of sp³-hybridized carbons (Fsp3) is 0.214. The minimum absolute atomic E-state index is 0.0490. The Hall–Kier alpha value is -8.75. The molecule has 0 radical (unpaired) electrons. The number of fused-ring (bicyclic) bond motifs is 2. The van der Waals surface area contributed by atoms with Crippen molar-refractivity contribution in [1.29, 1.82) is 0 Å². The Balaban J connectivity index is 0.000000221. The zero-order valence-corrected chi connectivity index (χ0v) is 44.9. The lowest BCUT2D eigenvalue weighted by molar-refractivity contribution is -0.246. The highest BCUT2D eigenvalue weighted by atomic mass is 31.2. The second-order valence-corrected chi connectivity index (χ2v) is 20.6. The number of hydrogen-bond acceptors (Lipinski definition) is 15. The highest BCUT2D eigenvalue weighted by Gasteiger charge is 2.57. The van der Waals surface area contributed by atoms with E-state index in [9.17, 15) is 49.2 Å². The van der Waals surface area contributed by atoms with Gasteiger partial charge in [-0.05, 0) is 48.2 Å². The maximum absolute atomic E-state index is 15.0. The first-order chi connectivity index (χ1) is 40.0. The van der Waals surface area contributed by atoms with E-state index in [0.29, 0.717) is 58.8 Å². The number of nitrogens with one attached hydrogen (secondary N) is 2. The number of benzene rings is 4. The van der Waals surface area contributed by atoms with E-state index in [4.69, 9.17) is 13.6 Å². The van der Waals surface area contributed by atoms with Crippen molar-refractivity contribution in [2.24, 2.45) is 0 Å². The summed E-state index contributed by atoms with van der Waals surface area (Å²) in [5.74, 6) is -4.35.